The molecule has 1 saturated carbocycles. The Bertz CT molecular complexity index is 601. The van der Waals surface area contributed by atoms with E-state index in [1.165, 1.54) is 6.33 Å². The lowest BCUT2D eigenvalue weighted by Gasteiger charge is -2.18. The Morgan fingerprint density at radius 2 is 2.11 bits per heavy atom. The van der Waals surface area contributed by atoms with Crippen LogP contribution in [0.2, 0.25) is 5.28 Å². The van der Waals surface area contributed by atoms with Crippen molar-refractivity contribution < 1.29 is 10.2 Å². The SMILES string of the molecule is Nc1ncnc2c1nc(Cl)n2[C@@H]1CC[C@@H](O)[C@H]1O. The van der Waals surface area contributed by atoms with E-state index in [0.717, 1.165) is 0 Å². The second-order valence-corrected chi connectivity index (χ2v) is 4.72. The van der Waals surface area contributed by atoms with Crippen molar-refractivity contribution in [1.82, 2.24) is 19.5 Å². The van der Waals surface area contributed by atoms with Crippen LogP contribution in [-0.4, -0.2) is 41.9 Å². The number of nitrogens with zero attached hydrogens (tertiary/aromatic N) is 4. The van der Waals surface area contributed by atoms with Crippen LogP contribution in [0, 0.1) is 0 Å². The third-order valence-electron chi connectivity index (χ3n) is 3.34. The number of aliphatic hydroxyl groups excluding tert-OH is 2. The van der Waals surface area contributed by atoms with Gasteiger partial charge in [-0.3, -0.25) is 4.57 Å². The number of nitrogen functional groups attached to an aromatic ring is 1. The number of aromatic nitrogens is 4. The number of halogens is 1. The van der Waals surface area contributed by atoms with Gasteiger partial charge in [-0.2, -0.15) is 0 Å². The fourth-order valence-corrected chi connectivity index (χ4v) is 2.70. The molecule has 2 aromatic rings. The van der Waals surface area contributed by atoms with Gasteiger partial charge in [0.1, 0.15) is 12.4 Å². The van der Waals surface area contributed by atoms with Crippen molar-refractivity contribution in [2.24, 2.45) is 0 Å². The van der Waals surface area contributed by atoms with Crippen molar-refractivity contribution >= 4 is 28.6 Å². The normalized spacial score (nSPS) is 28.1. The van der Waals surface area contributed by atoms with E-state index in [-0.39, 0.29) is 17.1 Å². The van der Waals surface area contributed by atoms with Gasteiger partial charge < -0.3 is 15.9 Å². The van der Waals surface area contributed by atoms with Crippen molar-refractivity contribution in [1.29, 1.82) is 0 Å². The average molecular weight is 270 g/mol. The van der Waals surface area contributed by atoms with Gasteiger partial charge in [0.15, 0.2) is 17.0 Å². The van der Waals surface area contributed by atoms with Crippen LogP contribution in [-0.2, 0) is 0 Å². The van der Waals surface area contributed by atoms with Gasteiger partial charge in [0.05, 0.1) is 12.1 Å². The monoisotopic (exact) mass is 269 g/mol. The van der Waals surface area contributed by atoms with Crippen molar-refractivity contribution in [2.75, 3.05) is 5.73 Å². The quantitative estimate of drug-likeness (QED) is 0.634. The Balaban J connectivity index is 2.17. The molecule has 0 aliphatic heterocycles. The Hall–Kier alpha value is -1.44. The predicted molar refractivity (Wildman–Crippen MR) is 65.0 cm³/mol. The fraction of sp³-hybridized carbons (Fsp3) is 0.500. The van der Waals surface area contributed by atoms with Crippen LogP contribution in [0.1, 0.15) is 18.9 Å². The summed E-state index contributed by atoms with van der Waals surface area (Å²) in [6.45, 7) is 0. The third kappa shape index (κ3) is 1.55. The first-order valence-electron chi connectivity index (χ1n) is 5.59. The van der Waals surface area contributed by atoms with E-state index in [1.54, 1.807) is 4.57 Å². The minimum atomic E-state index is -0.879. The highest BCUT2D eigenvalue weighted by atomic mass is 35.5. The molecular weight excluding hydrogens is 258 g/mol. The van der Waals surface area contributed by atoms with Gasteiger partial charge in [-0.25, -0.2) is 15.0 Å². The van der Waals surface area contributed by atoms with Crippen molar-refractivity contribution in [3.05, 3.63) is 11.6 Å². The topological polar surface area (TPSA) is 110 Å². The molecule has 96 valence electrons. The molecule has 7 nitrogen and oxygen atoms in total. The van der Waals surface area contributed by atoms with Crippen molar-refractivity contribution in [3.8, 4) is 0 Å². The predicted octanol–water partition coefficient (Wildman–Crippen LogP) is 0.119. The molecular formula is C10H12ClN5O2. The van der Waals surface area contributed by atoms with E-state index in [4.69, 9.17) is 17.3 Å². The molecule has 0 amide bonds. The lowest BCUT2D eigenvalue weighted by molar-refractivity contribution is 0.0242. The number of fused-ring (bicyclic) bond motifs is 1. The first-order valence-corrected chi connectivity index (χ1v) is 5.97. The number of imidazole rings is 1. The van der Waals surface area contributed by atoms with Gasteiger partial charge in [-0.05, 0) is 24.4 Å². The van der Waals surface area contributed by atoms with Crippen LogP contribution >= 0.6 is 11.6 Å². The van der Waals surface area contributed by atoms with Crippen LogP contribution in [0.4, 0.5) is 5.82 Å². The van der Waals surface area contributed by atoms with Gasteiger partial charge >= 0.3 is 0 Å². The van der Waals surface area contributed by atoms with Crippen LogP contribution in [0.3, 0.4) is 0 Å². The number of nitrogens with two attached hydrogens (primary N) is 1. The molecule has 1 fully saturated rings. The highest BCUT2D eigenvalue weighted by molar-refractivity contribution is 6.29. The van der Waals surface area contributed by atoms with Gasteiger partial charge in [0.2, 0.25) is 5.28 Å². The molecule has 4 N–H and O–H groups in total. The number of rotatable bonds is 1. The lowest BCUT2D eigenvalue weighted by Crippen LogP contribution is -2.27. The van der Waals surface area contributed by atoms with E-state index in [1.807, 2.05) is 0 Å². The third-order valence-corrected chi connectivity index (χ3v) is 3.61. The number of anilines is 1. The lowest BCUT2D eigenvalue weighted by atomic mass is 10.2. The summed E-state index contributed by atoms with van der Waals surface area (Å²) < 4.78 is 1.61. The maximum atomic E-state index is 9.95. The zero-order valence-corrected chi connectivity index (χ0v) is 10.1. The zero-order valence-electron chi connectivity index (χ0n) is 9.36. The summed E-state index contributed by atoms with van der Waals surface area (Å²) in [5.74, 6) is 0.244. The van der Waals surface area contributed by atoms with Gasteiger partial charge in [0.25, 0.3) is 0 Å². The number of hydrogen-bond acceptors (Lipinski definition) is 6. The van der Waals surface area contributed by atoms with Crippen molar-refractivity contribution in [3.63, 3.8) is 0 Å². The summed E-state index contributed by atoms with van der Waals surface area (Å²) in [5.41, 5.74) is 6.59. The molecule has 2 aromatic heterocycles. The summed E-state index contributed by atoms with van der Waals surface area (Å²) in [5, 5.41) is 19.7. The first kappa shape index (κ1) is 11.6. The summed E-state index contributed by atoms with van der Waals surface area (Å²) in [6.07, 6.45) is 0.822. The van der Waals surface area contributed by atoms with Crippen LogP contribution in [0.25, 0.3) is 11.2 Å². The summed E-state index contributed by atoms with van der Waals surface area (Å²) in [7, 11) is 0. The highest BCUT2D eigenvalue weighted by Crippen LogP contribution is 2.35. The average Bonchev–Trinajstić information content (AvgIpc) is 2.83. The maximum absolute atomic E-state index is 9.95. The second-order valence-electron chi connectivity index (χ2n) is 4.38. The van der Waals surface area contributed by atoms with Gasteiger partial charge in [0, 0.05) is 0 Å². The molecule has 0 saturated heterocycles. The molecule has 1 aliphatic rings. The fourth-order valence-electron chi connectivity index (χ4n) is 2.41. The van der Waals surface area contributed by atoms with E-state index >= 15 is 0 Å². The summed E-state index contributed by atoms with van der Waals surface area (Å²) in [4.78, 5) is 12.0. The maximum Gasteiger partial charge on any atom is 0.205 e. The van der Waals surface area contributed by atoms with E-state index in [0.29, 0.717) is 24.0 Å². The second kappa shape index (κ2) is 4.04. The molecule has 3 atom stereocenters. The molecule has 0 radical (unpaired) electrons. The minimum Gasteiger partial charge on any atom is -0.390 e. The minimum absolute atomic E-state index is 0.190. The van der Waals surface area contributed by atoms with Gasteiger partial charge in [-0.1, -0.05) is 0 Å². The van der Waals surface area contributed by atoms with Crippen LogP contribution in [0.5, 0.6) is 0 Å². The first-order chi connectivity index (χ1) is 8.59. The zero-order chi connectivity index (χ0) is 12.9. The standard InChI is InChI=1S/C10H12ClN5O2/c11-10-15-6-8(12)13-3-14-9(6)16(10)4-1-2-5(17)7(4)18/h3-5,7,17-18H,1-2H2,(H2,12,13,14)/t4-,5-,7+/m1/s1. The highest BCUT2D eigenvalue weighted by Gasteiger charge is 2.37. The number of hydrogen-bond donors (Lipinski definition) is 3. The van der Waals surface area contributed by atoms with Crippen LogP contribution in [0.15, 0.2) is 6.33 Å². The Morgan fingerprint density at radius 3 is 2.78 bits per heavy atom. The molecule has 0 unspecified atom stereocenters. The largest absolute Gasteiger partial charge is 0.390 e. The van der Waals surface area contributed by atoms with Crippen LogP contribution < -0.4 is 5.73 Å². The molecule has 1 aliphatic carbocycles. The van der Waals surface area contributed by atoms with E-state index in [2.05, 4.69) is 15.0 Å². The Kier molecular flexibility index (Phi) is 2.61. The molecule has 2 heterocycles. The molecule has 0 spiro atoms. The smallest absolute Gasteiger partial charge is 0.205 e. The summed E-state index contributed by atoms with van der Waals surface area (Å²) >= 11 is 6.07. The Labute approximate surface area is 107 Å². The number of aliphatic hydroxyl groups is 2. The van der Waals surface area contributed by atoms with E-state index in [9.17, 15) is 10.2 Å². The molecule has 8 heteroatoms. The van der Waals surface area contributed by atoms with Crippen molar-refractivity contribution in [2.45, 2.75) is 31.1 Å². The van der Waals surface area contributed by atoms with Gasteiger partial charge in [-0.15, -0.1) is 0 Å². The molecule has 0 bridgehead atoms. The summed E-state index contributed by atoms with van der Waals surface area (Å²) in [6, 6.07) is -0.341. The molecule has 3 rings (SSSR count). The molecule has 18 heavy (non-hydrogen) atoms. The molecule has 0 aromatic carbocycles. The van der Waals surface area contributed by atoms with E-state index < -0.39 is 12.2 Å². The Morgan fingerprint density at radius 1 is 1.33 bits per heavy atom.